The van der Waals surface area contributed by atoms with E-state index in [1.54, 1.807) is 24.3 Å². The van der Waals surface area contributed by atoms with Crippen LogP contribution in [0, 0.1) is 0 Å². The zero-order valence-electron chi connectivity index (χ0n) is 8.25. The third kappa shape index (κ3) is 2.80. The van der Waals surface area contributed by atoms with Crippen LogP contribution in [0.15, 0.2) is 28.7 Å². The highest BCUT2D eigenvalue weighted by atomic mass is 79.9. The molecule has 0 bridgehead atoms. The van der Waals surface area contributed by atoms with E-state index in [2.05, 4.69) is 15.9 Å². The lowest BCUT2D eigenvalue weighted by molar-refractivity contribution is 0.224. The molecular weight excluding hydrogens is 366 g/mol. The van der Waals surface area contributed by atoms with Gasteiger partial charge >= 0.3 is 0 Å². The first-order valence-corrected chi connectivity index (χ1v) is 7.31. The molecule has 0 radical (unpaired) electrons. The van der Waals surface area contributed by atoms with Crippen LogP contribution in [0.1, 0.15) is 16.5 Å². The summed E-state index contributed by atoms with van der Waals surface area (Å²) in [6, 6.07) is 6.93. The van der Waals surface area contributed by atoms with E-state index in [0.29, 0.717) is 24.8 Å². The largest absolute Gasteiger partial charge is 0.383 e. The highest BCUT2D eigenvalue weighted by Gasteiger charge is 2.18. The Hall–Kier alpha value is 0.230. The second-order valence-corrected chi connectivity index (χ2v) is 6.64. The van der Waals surface area contributed by atoms with Crippen molar-refractivity contribution in [2.24, 2.45) is 0 Å². The Bertz CT molecular complexity index is 536. The zero-order chi connectivity index (χ0) is 12.6. The number of hydrogen-bond acceptors (Lipinski definition) is 2. The quantitative estimate of drug-likeness (QED) is 0.732. The molecule has 6 heteroatoms. The molecule has 0 aliphatic carbocycles. The molecule has 0 saturated carbocycles. The number of halogens is 4. The third-order valence-electron chi connectivity index (χ3n) is 2.21. The topological polar surface area (TPSA) is 20.2 Å². The highest BCUT2D eigenvalue weighted by molar-refractivity contribution is 9.10. The van der Waals surface area contributed by atoms with Crippen molar-refractivity contribution in [1.29, 1.82) is 0 Å². The van der Waals surface area contributed by atoms with Crippen molar-refractivity contribution < 1.29 is 5.11 Å². The Labute approximate surface area is 126 Å². The molecule has 90 valence electrons. The van der Waals surface area contributed by atoms with E-state index in [9.17, 15) is 5.11 Å². The molecule has 1 unspecified atom stereocenters. The van der Waals surface area contributed by atoms with Gasteiger partial charge in [0.05, 0.1) is 10.0 Å². The predicted molar refractivity (Wildman–Crippen MR) is 77.6 cm³/mol. The monoisotopic (exact) mass is 370 g/mol. The summed E-state index contributed by atoms with van der Waals surface area (Å²) < 4.78 is 1.36. The van der Waals surface area contributed by atoms with Crippen molar-refractivity contribution in [3.63, 3.8) is 0 Å². The molecule has 1 N–H and O–H groups in total. The van der Waals surface area contributed by atoms with Crippen LogP contribution in [0.2, 0.25) is 14.4 Å². The Morgan fingerprint density at radius 3 is 2.53 bits per heavy atom. The highest BCUT2D eigenvalue weighted by Crippen LogP contribution is 2.40. The van der Waals surface area contributed by atoms with E-state index in [4.69, 9.17) is 34.8 Å². The van der Waals surface area contributed by atoms with E-state index in [-0.39, 0.29) is 0 Å². The van der Waals surface area contributed by atoms with Gasteiger partial charge in [0.15, 0.2) is 0 Å². The minimum absolute atomic E-state index is 0.363. The van der Waals surface area contributed by atoms with Gasteiger partial charge in [-0.3, -0.25) is 0 Å². The molecule has 0 aliphatic rings. The maximum absolute atomic E-state index is 10.2. The van der Waals surface area contributed by atoms with Crippen molar-refractivity contribution >= 4 is 62.1 Å². The van der Waals surface area contributed by atoms with Gasteiger partial charge in [-0.25, -0.2) is 0 Å². The number of hydrogen-bond donors (Lipinski definition) is 1. The van der Waals surface area contributed by atoms with Crippen molar-refractivity contribution in [2.75, 3.05) is 0 Å². The van der Waals surface area contributed by atoms with Gasteiger partial charge in [0.2, 0.25) is 0 Å². The smallest absolute Gasteiger partial charge is 0.115 e. The van der Waals surface area contributed by atoms with Crippen LogP contribution in [-0.2, 0) is 0 Å². The molecule has 1 heterocycles. The van der Waals surface area contributed by atoms with E-state index < -0.39 is 6.10 Å². The van der Waals surface area contributed by atoms with Crippen LogP contribution in [0.3, 0.4) is 0 Å². The van der Waals surface area contributed by atoms with E-state index in [1.807, 2.05) is 0 Å². The van der Waals surface area contributed by atoms with Gasteiger partial charge in [0, 0.05) is 14.9 Å². The van der Waals surface area contributed by atoms with Crippen LogP contribution in [0.4, 0.5) is 0 Å². The van der Waals surface area contributed by atoms with Crippen LogP contribution in [0.5, 0.6) is 0 Å². The first-order chi connectivity index (χ1) is 8.00. The maximum atomic E-state index is 10.2. The Morgan fingerprint density at radius 2 is 1.94 bits per heavy atom. The van der Waals surface area contributed by atoms with E-state index in [1.165, 1.54) is 11.3 Å². The minimum atomic E-state index is -0.824. The first-order valence-electron chi connectivity index (χ1n) is 4.57. The average Bonchev–Trinajstić information content (AvgIpc) is 2.62. The number of thiophene rings is 1. The normalized spacial score (nSPS) is 12.8. The van der Waals surface area contributed by atoms with E-state index in [0.717, 1.165) is 4.47 Å². The predicted octanol–water partition coefficient (Wildman–Crippen LogP) is 5.55. The van der Waals surface area contributed by atoms with Gasteiger partial charge in [-0.15, -0.1) is 11.3 Å². The van der Waals surface area contributed by atoms with Crippen LogP contribution >= 0.6 is 62.1 Å². The number of aliphatic hydroxyl groups excluding tert-OH is 1. The molecule has 1 aromatic heterocycles. The molecule has 0 aliphatic heterocycles. The van der Waals surface area contributed by atoms with Gasteiger partial charge < -0.3 is 5.11 Å². The maximum Gasteiger partial charge on any atom is 0.115 e. The fraction of sp³-hybridized carbons (Fsp3) is 0.0909. The lowest BCUT2D eigenvalue weighted by Gasteiger charge is -2.11. The molecular formula is C11H6BrCl3OS. The summed E-state index contributed by atoms with van der Waals surface area (Å²) in [5.41, 5.74) is 0.574. The standard InChI is InChI=1S/C11H6BrCl3OS/c12-6-4-8(17-11(6)15)10(16)5-2-1-3-7(13)9(5)14/h1-4,10,16H. The summed E-state index contributed by atoms with van der Waals surface area (Å²) >= 11 is 22.5. The second kappa shape index (κ2) is 5.47. The van der Waals surface area contributed by atoms with Gasteiger partial charge in [0.1, 0.15) is 10.4 Å². The SMILES string of the molecule is OC(c1cc(Br)c(Cl)s1)c1cccc(Cl)c1Cl. The van der Waals surface area contributed by atoms with Crippen LogP contribution in [0.25, 0.3) is 0 Å². The molecule has 0 amide bonds. The second-order valence-electron chi connectivity index (χ2n) is 3.32. The van der Waals surface area contributed by atoms with Gasteiger partial charge in [-0.1, -0.05) is 46.9 Å². The van der Waals surface area contributed by atoms with Crippen molar-refractivity contribution in [1.82, 2.24) is 0 Å². The van der Waals surface area contributed by atoms with Gasteiger partial charge in [-0.2, -0.15) is 0 Å². The summed E-state index contributed by atoms with van der Waals surface area (Å²) in [4.78, 5) is 0.714. The molecule has 0 fully saturated rings. The van der Waals surface area contributed by atoms with Crippen molar-refractivity contribution in [3.05, 3.63) is 53.6 Å². The molecule has 2 rings (SSSR count). The number of benzene rings is 1. The summed E-state index contributed by atoms with van der Waals surface area (Å²) in [5.74, 6) is 0. The lowest BCUT2D eigenvalue weighted by Crippen LogP contribution is -1.98. The number of aliphatic hydroxyl groups is 1. The molecule has 1 atom stereocenters. The number of rotatable bonds is 2. The van der Waals surface area contributed by atoms with Crippen LogP contribution in [-0.4, -0.2) is 5.11 Å². The summed E-state index contributed by atoms with van der Waals surface area (Å²) in [6.45, 7) is 0. The lowest BCUT2D eigenvalue weighted by atomic mass is 10.1. The molecule has 17 heavy (non-hydrogen) atoms. The summed E-state index contributed by atoms with van der Waals surface area (Å²) in [6.07, 6.45) is -0.824. The molecule has 2 aromatic rings. The molecule has 1 aromatic carbocycles. The molecule has 0 saturated heterocycles. The summed E-state index contributed by atoms with van der Waals surface area (Å²) in [5, 5.41) is 11.0. The summed E-state index contributed by atoms with van der Waals surface area (Å²) in [7, 11) is 0. The molecule has 1 nitrogen and oxygen atoms in total. The zero-order valence-corrected chi connectivity index (χ0v) is 12.9. The third-order valence-corrected chi connectivity index (χ3v) is 5.57. The van der Waals surface area contributed by atoms with Crippen molar-refractivity contribution in [3.8, 4) is 0 Å². The van der Waals surface area contributed by atoms with Gasteiger partial charge in [0.25, 0.3) is 0 Å². The minimum Gasteiger partial charge on any atom is -0.383 e. The molecule has 0 spiro atoms. The average molecular weight is 372 g/mol. The van der Waals surface area contributed by atoms with Crippen molar-refractivity contribution in [2.45, 2.75) is 6.10 Å². The van der Waals surface area contributed by atoms with Gasteiger partial charge in [-0.05, 0) is 28.1 Å². The fourth-order valence-electron chi connectivity index (χ4n) is 1.38. The Balaban J connectivity index is 2.43. The fourth-order valence-corrected chi connectivity index (χ4v) is 3.54. The van der Waals surface area contributed by atoms with Crippen LogP contribution < -0.4 is 0 Å². The Kier molecular flexibility index (Phi) is 4.40. The first kappa shape index (κ1) is 13.7. The van der Waals surface area contributed by atoms with E-state index >= 15 is 0 Å². The Morgan fingerprint density at radius 1 is 1.24 bits per heavy atom.